The van der Waals surface area contributed by atoms with E-state index in [1.165, 1.54) is 0 Å². The fourth-order valence-electron chi connectivity index (χ4n) is 5.75. The maximum atomic E-state index is 10.5. The molecule has 0 aliphatic carbocycles. The van der Waals surface area contributed by atoms with Crippen molar-refractivity contribution in [2.24, 2.45) is 0 Å². The van der Waals surface area contributed by atoms with E-state index in [0.29, 0.717) is 62.6 Å². The highest BCUT2D eigenvalue weighted by Crippen LogP contribution is 2.37. The van der Waals surface area contributed by atoms with Gasteiger partial charge in [0.25, 0.3) is 0 Å². The van der Waals surface area contributed by atoms with Crippen molar-refractivity contribution in [2.45, 2.75) is 57.9 Å². The molecule has 1 unspecified atom stereocenters. The average Bonchev–Trinajstić information content (AvgIpc) is 3.03. The molecule has 244 valence electrons. The molecule has 45 heavy (non-hydrogen) atoms. The van der Waals surface area contributed by atoms with Gasteiger partial charge >= 0.3 is 0 Å². The largest absolute Gasteiger partial charge is 0.492 e. The molecule has 0 aromatic heterocycles. The van der Waals surface area contributed by atoms with Crippen molar-refractivity contribution in [3.05, 3.63) is 70.2 Å². The lowest BCUT2D eigenvalue weighted by atomic mass is 9.95. The number of aliphatic hydroxyl groups excluding tert-OH is 2. The van der Waals surface area contributed by atoms with Gasteiger partial charge in [-0.3, -0.25) is 4.90 Å². The third-order valence-electron chi connectivity index (χ3n) is 8.62. The van der Waals surface area contributed by atoms with Crippen LogP contribution in [-0.4, -0.2) is 84.0 Å². The SMILES string of the molecule is Cc1c(COc2cc(OCCN3CCCC(C)(O)C3)c(CNC(C)(CO)CO)cc2Cl)cccc1-c1ccc2c(c1)OCCO2. The van der Waals surface area contributed by atoms with E-state index in [-0.39, 0.29) is 13.2 Å². The number of nitrogens with one attached hydrogen (secondary N) is 1. The summed E-state index contributed by atoms with van der Waals surface area (Å²) in [6.07, 6.45) is 1.74. The molecule has 1 atom stereocenters. The van der Waals surface area contributed by atoms with Crippen molar-refractivity contribution in [3.63, 3.8) is 0 Å². The Morgan fingerprint density at radius 3 is 2.53 bits per heavy atom. The van der Waals surface area contributed by atoms with E-state index in [4.69, 9.17) is 30.5 Å². The van der Waals surface area contributed by atoms with Crippen LogP contribution < -0.4 is 24.3 Å². The summed E-state index contributed by atoms with van der Waals surface area (Å²) >= 11 is 6.74. The second kappa shape index (κ2) is 14.6. The molecule has 0 saturated carbocycles. The molecule has 2 heterocycles. The Labute approximate surface area is 270 Å². The van der Waals surface area contributed by atoms with Gasteiger partial charge in [0.05, 0.1) is 29.4 Å². The Morgan fingerprint density at radius 1 is 1.00 bits per heavy atom. The summed E-state index contributed by atoms with van der Waals surface area (Å²) in [4.78, 5) is 2.21. The zero-order chi connectivity index (χ0) is 32.0. The first-order valence-corrected chi connectivity index (χ1v) is 16.0. The van der Waals surface area contributed by atoms with Crippen LogP contribution in [0.3, 0.4) is 0 Å². The number of piperidine rings is 1. The molecule has 0 amide bonds. The number of hydrogen-bond acceptors (Lipinski definition) is 9. The number of likely N-dealkylation sites (tertiary alicyclic amines) is 1. The molecule has 1 fully saturated rings. The summed E-state index contributed by atoms with van der Waals surface area (Å²) in [5, 5.41) is 33.7. The highest BCUT2D eigenvalue weighted by molar-refractivity contribution is 6.32. The zero-order valence-corrected chi connectivity index (χ0v) is 27.2. The molecular formula is C35H45ClN2O7. The number of ether oxygens (including phenoxy) is 4. The topological polar surface area (TPSA) is 113 Å². The number of nitrogens with zero attached hydrogens (tertiary/aromatic N) is 1. The predicted octanol–water partition coefficient (Wildman–Crippen LogP) is 4.72. The smallest absolute Gasteiger partial charge is 0.161 e. The van der Waals surface area contributed by atoms with Crippen molar-refractivity contribution < 1.29 is 34.3 Å². The lowest BCUT2D eigenvalue weighted by Gasteiger charge is -2.36. The van der Waals surface area contributed by atoms with Gasteiger partial charge in [0.2, 0.25) is 0 Å². The van der Waals surface area contributed by atoms with Crippen LogP contribution in [0.1, 0.15) is 43.4 Å². The number of benzene rings is 3. The number of hydrogen-bond donors (Lipinski definition) is 4. The molecule has 2 aliphatic rings. The van der Waals surface area contributed by atoms with Gasteiger partial charge in [-0.1, -0.05) is 35.9 Å². The van der Waals surface area contributed by atoms with E-state index in [2.05, 4.69) is 23.2 Å². The maximum absolute atomic E-state index is 10.5. The van der Waals surface area contributed by atoms with Crippen LogP contribution in [0.15, 0.2) is 48.5 Å². The Morgan fingerprint density at radius 2 is 1.78 bits per heavy atom. The van der Waals surface area contributed by atoms with Crippen LogP contribution >= 0.6 is 11.6 Å². The lowest BCUT2D eigenvalue weighted by molar-refractivity contribution is -0.0184. The Bertz CT molecular complexity index is 1460. The lowest BCUT2D eigenvalue weighted by Crippen LogP contribution is -2.48. The Hall–Kier alpha value is -3.05. The van der Waals surface area contributed by atoms with Gasteiger partial charge in [-0.05, 0) is 80.6 Å². The van der Waals surface area contributed by atoms with Crippen LogP contribution in [0.2, 0.25) is 5.02 Å². The molecule has 0 radical (unpaired) electrons. The van der Waals surface area contributed by atoms with E-state index in [0.717, 1.165) is 58.7 Å². The number of fused-ring (bicyclic) bond motifs is 1. The first kappa shape index (κ1) is 33.3. The molecule has 3 aromatic carbocycles. The summed E-state index contributed by atoms with van der Waals surface area (Å²) < 4.78 is 24.1. The average molecular weight is 641 g/mol. The van der Waals surface area contributed by atoms with Gasteiger partial charge in [-0.25, -0.2) is 0 Å². The summed E-state index contributed by atoms with van der Waals surface area (Å²) in [6, 6.07) is 15.7. The van der Waals surface area contributed by atoms with Gasteiger partial charge in [0, 0.05) is 31.3 Å². The summed E-state index contributed by atoms with van der Waals surface area (Å²) in [5.74, 6) is 2.60. The Balaban J connectivity index is 1.32. The number of rotatable bonds is 13. The van der Waals surface area contributed by atoms with Gasteiger partial charge in [-0.2, -0.15) is 0 Å². The molecule has 5 rings (SSSR count). The first-order valence-electron chi connectivity index (χ1n) is 15.6. The summed E-state index contributed by atoms with van der Waals surface area (Å²) in [5.41, 5.74) is 3.46. The second-order valence-corrected chi connectivity index (χ2v) is 13.0. The fraction of sp³-hybridized carbons (Fsp3) is 0.486. The van der Waals surface area contributed by atoms with Crippen LogP contribution in [0, 0.1) is 6.92 Å². The minimum Gasteiger partial charge on any atom is -0.492 e. The molecule has 10 heteroatoms. The van der Waals surface area contributed by atoms with Crippen molar-refractivity contribution in [3.8, 4) is 34.1 Å². The normalized spacial score (nSPS) is 18.6. The van der Waals surface area contributed by atoms with E-state index in [9.17, 15) is 15.3 Å². The van der Waals surface area contributed by atoms with Crippen LogP contribution in [-0.2, 0) is 13.2 Å². The van der Waals surface area contributed by atoms with Gasteiger partial charge in [0.1, 0.15) is 37.9 Å². The van der Waals surface area contributed by atoms with Crippen LogP contribution in [0.25, 0.3) is 11.1 Å². The number of halogens is 1. The second-order valence-electron chi connectivity index (χ2n) is 12.6. The summed E-state index contributed by atoms with van der Waals surface area (Å²) in [7, 11) is 0. The third kappa shape index (κ3) is 8.41. The van der Waals surface area contributed by atoms with Crippen LogP contribution in [0.4, 0.5) is 0 Å². The molecule has 3 aromatic rings. The number of aliphatic hydroxyl groups is 3. The zero-order valence-electron chi connectivity index (χ0n) is 26.4. The minimum atomic E-state index is -0.863. The molecular weight excluding hydrogens is 596 g/mol. The molecule has 1 saturated heterocycles. The predicted molar refractivity (Wildman–Crippen MR) is 175 cm³/mol. The maximum Gasteiger partial charge on any atom is 0.161 e. The van der Waals surface area contributed by atoms with Crippen LogP contribution in [0.5, 0.6) is 23.0 Å². The first-order chi connectivity index (χ1) is 21.6. The van der Waals surface area contributed by atoms with Gasteiger partial charge < -0.3 is 39.6 Å². The van der Waals surface area contributed by atoms with Gasteiger partial charge in [-0.15, -0.1) is 0 Å². The third-order valence-corrected chi connectivity index (χ3v) is 8.92. The fourth-order valence-corrected chi connectivity index (χ4v) is 5.99. The van der Waals surface area contributed by atoms with E-state index in [1.807, 2.05) is 37.3 Å². The minimum absolute atomic E-state index is 0.228. The number of β-amino-alcohol motifs (C(OH)–C–C–N with tert-alkyl or cyclic N) is 1. The van der Waals surface area contributed by atoms with Gasteiger partial charge in [0.15, 0.2) is 11.5 Å². The van der Waals surface area contributed by atoms with E-state index in [1.54, 1.807) is 19.1 Å². The van der Waals surface area contributed by atoms with E-state index < -0.39 is 11.1 Å². The van der Waals surface area contributed by atoms with Crippen molar-refractivity contribution in [2.75, 3.05) is 52.7 Å². The quantitative estimate of drug-likeness (QED) is 0.211. The summed E-state index contributed by atoms with van der Waals surface area (Å²) in [6.45, 7) is 9.56. The van der Waals surface area contributed by atoms with Crippen molar-refractivity contribution in [1.82, 2.24) is 10.2 Å². The highest BCUT2D eigenvalue weighted by Gasteiger charge is 2.28. The monoisotopic (exact) mass is 640 g/mol. The molecule has 0 bridgehead atoms. The molecule has 9 nitrogen and oxygen atoms in total. The van der Waals surface area contributed by atoms with Crippen molar-refractivity contribution >= 4 is 11.6 Å². The standard InChI is InChI=1S/C35H45ClN2O7/c1-24-26(6-4-7-28(24)25-8-9-30-33(17-25)44-15-14-43-30)20-45-32-18-31(42-13-12-38-11-5-10-35(3,41)21-38)27(16-29(32)36)19-37-34(2,22-39)23-40/h4,6-9,16-18,37,39-41H,5,10-15,19-23H2,1-3H3. The highest BCUT2D eigenvalue weighted by atomic mass is 35.5. The molecule has 2 aliphatic heterocycles. The Kier molecular flexibility index (Phi) is 10.8. The van der Waals surface area contributed by atoms with Crippen molar-refractivity contribution in [1.29, 1.82) is 0 Å². The molecule has 0 spiro atoms. The van der Waals surface area contributed by atoms with E-state index >= 15 is 0 Å². The molecule has 4 N–H and O–H groups in total.